The van der Waals surface area contributed by atoms with Crippen molar-refractivity contribution in [2.45, 2.75) is 18.8 Å². The lowest BCUT2D eigenvalue weighted by atomic mass is 10.0. The van der Waals surface area contributed by atoms with E-state index in [1.807, 2.05) is 0 Å². The normalized spacial score (nSPS) is 19.6. The van der Waals surface area contributed by atoms with Gasteiger partial charge >= 0.3 is 0 Å². The summed E-state index contributed by atoms with van der Waals surface area (Å²) < 4.78 is 0. The van der Waals surface area contributed by atoms with Gasteiger partial charge in [-0.15, -0.1) is 10.2 Å². The first kappa shape index (κ1) is 7.67. The van der Waals surface area contributed by atoms with E-state index in [9.17, 15) is 0 Å². The number of aryl methyl sites for hydroxylation is 1. The number of fused-ring (bicyclic) bond motifs is 1. The van der Waals surface area contributed by atoms with Crippen molar-refractivity contribution in [3.05, 3.63) is 41.2 Å². The van der Waals surface area contributed by atoms with E-state index in [2.05, 4.69) is 44.9 Å². The molecular formula is C10H10N4. The molecule has 14 heavy (non-hydrogen) atoms. The fourth-order valence-corrected chi connectivity index (χ4v) is 2.14. The van der Waals surface area contributed by atoms with Crippen LogP contribution in [0.25, 0.3) is 0 Å². The maximum absolute atomic E-state index is 4.05. The summed E-state index contributed by atoms with van der Waals surface area (Å²) in [6.07, 6.45) is 2.22. The highest BCUT2D eigenvalue weighted by Gasteiger charge is 2.26. The zero-order valence-corrected chi connectivity index (χ0v) is 7.64. The van der Waals surface area contributed by atoms with Gasteiger partial charge in [-0.2, -0.15) is 5.21 Å². The third-order valence-electron chi connectivity index (χ3n) is 2.81. The van der Waals surface area contributed by atoms with Crippen molar-refractivity contribution in [3.63, 3.8) is 0 Å². The van der Waals surface area contributed by atoms with Gasteiger partial charge in [-0.05, 0) is 24.0 Å². The molecule has 0 fully saturated rings. The third kappa shape index (κ3) is 1.04. The van der Waals surface area contributed by atoms with Crippen LogP contribution in [0, 0.1) is 0 Å². The van der Waals surface area contributed by atoms with E-state index in [0.717, 1.165) is 18.7 Å². The summed E-state index contributed by atoms with van der Waals surface area (Å²) in [6, 6.07) is 8.48. The molecule has 0 radical (unpaired) electrons. The monoisotopic (exact) mass is 186 g/mol. The first-order chi connectivity index (χ1) is 6.95. The highest BCUT2D eigenvalue weighted by Crippen LogP contribution is 2.35. The van der Waals surface area contributed by atoms with Gasteiger partial charge in [0, 0.05) is 5.92 Å². The second-order valence-corrected chi connectivity index (χ2v) is 3.56. The molecule has 1 aliphatic rings. The molecule has 1 heterocycles. The molecule has 4 heteroatoms. The SMILES string of the molecule is c1ccc2c(c1)CCC2c1nn[nH]n1. The zero-order valence-electron chi connectivity index (χ0n) is 7.64. The molecule has 1 unspecified atom stereocenters. The topological polar surface area (TPSA) is 54.5 Å². The first-order valence-electron chi connectivity index (χ1n) is 4.76. The average molecular weight is 186 g/mol. The van der Waals surface area contributed by atoms with Crippen LogP contribution in [0.5, 0.6) is 0 Å². The fraction of sp³-hybridized carbons (Fsp3) is 0.300. The Bertz CT molecular complexity index is 435. The second kappa shape index (κ2) is 2.90. The Morgan fingerprint density at radius 2 is 2.21 bits per heavy atom. The first-order valence-corrected chi connectivity index (χ1v) is 4.76. The van der Waals surface area contributed by atoms with Crippen LogP contribution in [0.1, 0.15) is 29.3 Å². The summed E-state index contributed by atoms with van der Waals surface area (Å²) in [4.78, 5) is 0. The number of tetrazole rings is 1. The number of aromatic nitrogens is 4. The summed E-state index contributed by atoms with van der Waals surface area (Å²) in [5.74, 6) is 1.15. The largest absolute Gasteiger partial charge is 0.182 e. The van der Waals surface area contributed by atoms with Crippen LogP contribution in [0.3, 0.4) is 0 Å². The Balaban J connectivity index is 2.06. The van der Waals surface area contributed by atoms with E-state index >= 15 is 0 Å². The smallest absolute Gasteiger partial charge is 0.177 e. The van der Waals surface area contributed by atoms with Crippen LogP contribution in [0.4, 0.5) is 0 Å². The lowest BCUT2D eigenvalue weighted by Crippen LogP contribution is -1.98. The highest BCUT2D eigenvalue weighted by atomic mass is 15.5. The fourth-order valence-electron chi connectivity index (χ4n) is 2.14. The molecule has 0 amide bonds. The summed E-state index contributed by atoms with van der Waals surface area (Å²) >= 11 is 0. The zero-order chi connectivity index (χ0) is 9.38. The van der Waals surface area contributed by atoms with Crippen LogP contribution >= 0.6 is 0 Å². The van der Waals surface area contributed by atoms with Crippen molar-refractivity contribution in [1.82, 2.24) is 20.6 Å². The lowest BCUT2D eigenvalue weighted by molar-refractivity contribution is 0.731. The second-order valence-electron chi connectivity index (χ2n) is 3.56. The molecule has 0 spiro atoms. The molecule has 0 saturated carbocycles. The average Bonchev–Trinajstić information content (AvgIpc) is 2.85. The van der Waals surface area contributed by atoms with Gasteiger partial charge in [0.1, 0.15) is 0 Å². The summed E-state index contributed by atoms with van der Waals surface area (Å²) in [6.45, 7) is 0. The predicted molar refractivity (Wildman–Crippen MR) is 50.8 cm³/mol. The number of benzene rings is 1. The quantitative estimate of drug-likeness (QED) is 0.729. The van der Waals surface area contributed by atoms with Gasteiger partial charge in [0.15, 0.2) is 5.82 Å². The van der Waals surface area contributed by atoms with Crippen LogP contribution in [-0.4, -0.2) is 20.6 Å². The molecule has 0 aliphatic heterocycles. The number of hydrogen-bond acceptors (Lipinski definition) is 3. The van der Waals surface area contributed by atoms with Crippen LogP contribution in [0.15, 0.2) is 24.3 Å². The molecule has 0 bridgehead atoms. The summed E-state index contributed by atoms with van der Waals surface area (Å²) in [5.41, 5.74) is 2.77. The molecular weight excluding hydrogens is 176 g/mol. The lowest BCUT2D eigenvalue weighted by Gasteiger charge is -2.04. The molecule has 1 aromatic heterocycles. The number of nitrogens with zero attached hydrogens (tertiary/aromatic N) is 3. The Morgan fingerprint density at radius 3 is 3.07 bits per heavy atom. The Kier molecular flexibility index (Phi) is 1.59. The Labute approximate surface area is 81.4 Å². The van der Waals surface area contributed by atoms with Crippen LogP contribution < -0.4 is 0 Å². The molecule has 1 aromatic carbocycles. The van der Waals surface area contributed by atoms with Crippen molar-refractivity contribution in [2.75, 3.05) is 0 Å². The van der Waals surface area contributed by atoms with Crippen molar-refractivity contribution >= 4 is 0 Å². The molecule has 1 aliphatic carbocycles. The molecule has 2 aromatic rings. The van der Waals surface area contributed by atoms with Crippen molar-refractivity contribution in [3.8, 4) is 0 Å². The minimum Gasteiger partial charge on any atom is -0.177 e. The molecule has 1 N–H and O–H groups in total. The molecule has 3 rings (SSSR count). The minimum absolute atomic E-state index is 0.338. The molecule has 1 atom stereocenters. The van der Waals surface area contributed by atoms with Crippen LogP contribution in [-0.2, 0) is 6.42 Å². The van der Waals surface area contributed by atoms with Gasteiger partial charge in [-0.3, -0.25) is 0 Å². The van der Waals surface area contributed by atoms with E-state index in [1.54, 1.807) is 0 Å². The van der Waals surface area contributed by atoms with Gasteiger partial charge < -0.3 is 0 Å². The molecule has 70 valence electrons. The van der Waals surface area contributed by atoms with E-state index in [1.165, 1.54) is 11.1 Å². The van der Waals surface area contributed by atoms with Gasteiger partial charge in [0.2, 0.25) is 0 Å². The number of nitrogens with one attached hydrogen (secondary N) is 1. The Morgan fingerprint density at radius 1 is 1.29 bits per heavy atom. The third-order valence-corrected chi connectivity index (χ3v) is 2.81. The highest BCUT2D eigenvalue weighted by molar-refractivity contribution is 5.38. The van der Waals surface area contributed by atoms with Crippen molar-refractivity contribution < 1.29 is 0 Å². The maximum atomic E-state index is 4.05. The van der Waals surface area contributed by atoms with E-state index in [4.69, 9.17) is 0 Å². The summed E-state index contributed by atoms with van der Waals surface area (Å²) in [7, 11) is 0. The van der Waals surface area contributed by atoms with E-state index < -0.39 is 0 Å². The predicted octanol–water partition coefficient (Wildman–Crippen LogP) is 1.28. The number of H-pyrrole nitrogens is 1. The van der Waals surface area contributed by atoms with E-state index in [0.29, 0.717) is 5.92 Å². The number of hydrogen-bond donors (Lipinski definition) is 1. The Hall–Kier alpha value is -1.71. The maximum Gasteiger partial charge on any atom is 0.182 e. The number of aromatic amines is 1. The van der Waals surface area contributed by atoms with Gasteiger partial charge in [0.25, 0.3) is 0 Å². The van der Waals surface area contributed by atoms with Gasteiger partial charge in [-0.25, -0.2) is 0 Å². The van der Waals surface area contributed by atoms with Gasteiger partial charge in [0.05, 0.1) is 0 Å². The van der Waals surface area contributed by atoms with Crippen molar-refractivity contribution in [2.24, 2.45) is 0 Å². The van der Waals surface area contributed by atoms with Gasteiger partial charge in [-0.1, -0.05) is 29.5 Å². The summed E-state index contributed by atoms with van der Waals surface area (Å²) in [5, 5.41) is 14.2. The standard InChI is InChI=1S/C10H10N4/c1-2-4-8-7(3-1)5-6-9(8)10-11-13-14-12-10/h1-4,9H,5-6H2,(H,11,12,13,14). The minimum atomic E-state index is 0.338. The molecule has 4 nitrogen and oxygen atoms in total. The van der Waals surface area contributed by atoms with E-state index in [-0.39, 0.29) is 0 Å². The van der Waals surface area contributed by atoms with Crippen molar-refractivity contribution in [1.29, 1.82) is 0 Å². The van der Waals surface area contributed by atoms with Crippen LogP contribution in [0.2, 0.25) is 0 Å². The number of rotatable bonds is 1. The molecule has 0 saturated heterocycles.